The van der Waals surface area contributed by atoms with Crippen LogP contribution < -0.4 is 0 Å². The first-order valence-electron chi connectivity index (χ1n) is 7.58. The molecule has 0 aliphatic rings. The van der Waals surface area contributed by atoms with Crippen molar-refractivity contribution in [1.29, 1.82) is 0 Å². The largest absolute Gasteiger partial charge is 0.361 e. The van der Waals surface area contributed by atoms with Gasteiger partial charge in [0.1, 0.15) is 5.76 Å². The molecule has 0 aliphatic carbocycles. The molecule has 2 aromatic heterocycles. The van der Waals surface area contributed by atoms with Gasteiger partial charge in [0.05, 0.1) is 11.0 Å². The van der Waals surface area contributed by atoms with Crippen LogP contribution in [-0.2, 0) is 13.0 Å². The molecule has 0 N–H and O–H groups in total. The summed E-state index contributed by atoms with van der Waals surface area (Å²) in [5.74, 6) is 0.584. The molecule has 0 atom stereocenters. The van der Waals surface area contributed by atoms with Crippen molar-refractivity contribution in [3.63, 3.8) is 0 Å². The summed E-state index contributed by atoms with van der Waals surface area (Å²) < 4.78 is 5.17. The summed E-state index contributed by atoms with van der Waals surface area (Å²) in [7, 11) is 1.75. The van der Waals surface area contributed by atoms with Crippen molar-refractivity contribution in [2.24, 2.45) is 0 Å². The summed E-state index contributed by atoms with van der Waals surface area (Å²) in [4.78, 5) is 22.5. The number of hydrogen-bond acceptors (Lipinski definition) is 5. The topological polar surface area (TPSA) is 72.1 Å². The van der Waals surface area contributed by atoms with Crippen LogP contribution in [0.25, 0.3) is 11.0 Å². The zero-order valence-electron chi connectivity index (χ0n) is 13.2. The van der Waals surface area contributed by atoms with Crippen LogP contribution in [0.3, 0.4) is 0 Å². The average molecular weight is 310 g/mol. The number of aryl methyl sites for hydroxylation is 1. The standard InChI is InChI=1S/C17H18N4O2/c1-3-4-13-10-16(20-23-13)17(22)21(2)11-12-5-6-14-15(9-12)19-8-7-18-14/h5-10H,3-4,11H2,1-2H3. The van der Waals surface area contributed by atoms with E-state index >= 15 is 0 Å². The first-order valence-corrected chi connectivity index (χ1v) is 7.58. The fourth-order valence-corrected chi connectivity index (χ4v) is 2.43. The number of nitrogens with zero attached hydrogens (tertiary/aromatic N) is 4. The molecule has 3 rings (SSSR count). The quantitative estimate of drug-likeness (QED) is 0.724. The minimum Gasteiger partial charge on any atom is -0.361 e. The van der Waals surface area contributed by atoms with Gasteiger partial charge in [-0.05, 0) is 24.1 Å². The molecule has 3 aromatic rings. The molecule has 0 saturated carbocycles. The van der Waals surface area contributed by atoms with Gasteiger partial charge in [-0.25, -0.2) is 0 Å². The van der Waals surface area contributed by atoms with Crippen LogP contribution in [0, 0.1) is 0 Å². The fraction of sp³-hybridized carbons (Fsp3) is 0.294. The van der Waals surface area contributed by atoms with Crippen LogP contribution in [0.15, 0.2) is 41.2 Å². The molecule has 6 nitrogen and oxygen atoms in total. The predicted octanol–water partition coefficient (Wildman–Crippen LogP) is 2.84. The normalized spacial score (nSPS) is 10.9. The lowest BCUT2D eigenvalue weighted by atomic mass is 10.1. The SMILES string of the molecule is CCCc1cc(C(=O)N(C)Cc2ccc3nccnc3c2)no1. The molecule has 118 valence electrons. The van der Waals surface area contributed by atoms with Crippen molar-refractivity contribution in [2.75, 3.05) is 7.05 Å². The molecular formula is C17H18N4O2. The van der Waals surface area contributed by atoms with Gasteiger partial charge < -0.3 is 9.42 Å². The lowest BCUT2D eigenvalue weighted by molar-refractivity contribution is 0.0774. The van der Waals surface area contributed by atoms with Gasteiger partial charge in [0.2, 0.25) is 0 Å². The minimum absolute atomic E-state index is 0.157. The third-order valence-corrected chi connectivity index (χ3v) is 3.57. The van der Waals surface area contributed by atoms with Gasteiger partial charge >= 0.3 is 0 Å². The number of amides is 1. The molecule has 0 aliphatic heterocycles. The summed E-state index contributed by atoms with van der Waals surface area (Å²) in [6, 6.07) is 7.52. The Morgan fingerprint density at radius 2 is 1.96 bits per heavy atom. The van der Waals surface area contributed by atoms with Crippen LogP contribution in [0.5, 0.6) is 0 Å². The molecule has 6 heteroatoms. The van der Waals surface area contributed by atoms with Crippen molar-refractivity contribution in [3.8, 4) is 0 Å². The van der Waals surface area contributed by atoms with Crippen LogP contribution in [0.2, 0.25) is 0 Å². The first kappa shape index (κ1) is 15.1. The summed E-state index contributed by atoms with van der Waals surface area (Å²) in [5, 5.41) is 3.86. The molecular weight excluding hydrogens is 292 g/mol. The number of rotatable bonds is 5. The fourth-order valence-electron chi connectivity index (χ4n) is 2.43. The maximum atomic E-state index is 12.4. The predicted molar refractivity (Wildman–Crippen MR) is 85.8 cm³/mol. The maximum absolute atomic E-state index is 12.4. The second-order valence-electron chi connectivity index (χ2n) is 5.47. The molecule has 1 aromatic carbocycles. The van der Waals surface area contributed by atoms with E-state index in [2.05, 4.69) is 22.0 Å². The molecule has 23 heavy (non-hydrogen) atoms. The Morgan fingerprint density at radius 3 is 2.74 bits per heavy atom. The van der Waals surface area contributed by atoms with E-state index in [0.717, 1.165) is 35.2 Å². The number of benzene rings is 1. The van der Waals surface area contributed by atoms with E-state index in [4.69, 9.17) is 4.52 Å². The third-order valence-electron chi connectivity index (χ3n) is 3.57. The summed E-state index contributed by atoms with van der Waals surface area (Å²) in [6.07, 6.45) is 5.06. The highest BCUT2D eigenvalue weighted by atomic mass is 16.5. The van der Waals surface area contributed by atoms with E-state index in [1.165, 1.54) is 0 Å². The second-order valence-corrected chi connectivity index (χ2v) is 5.47. The average Bonchev–Trinajstić information content (AvgIpc) is 3.03. The van der Waals surface area contributed by atoms with Crippen molar-refractivity contribution >= 4 is 16.9 Å². The van der Waals surface area contributed by atoms with Crippen LogP contribution in [0.4, 0.5) is 0 Å². The number of hydrogen-bond donors (Lipinski definition) is 0. The van der Waals surface area contributed by atoms with Crippen LogP contribution in [0.1, 0.15) is 35.2 Å². The number of fused-ring (bicyclic) bond motifs is 1. The van der Waals surface area contributed by atoms with Crippen LogP contribution in [-0.4, -0.2) is 33.0 Å². The Bertz CT molecular complexity index is 828. The van der Waals surface area contributed by atoms with Gasteiger partial charge in [-0.1, -0.05) is 18.1 Å². The van der Waals surface area contributed by atoms with E-state index in [1.54, 1.807) is 30.4 Å². The van der Waals surface area contributed by atoms with E-state index in [-0.39, 0.29) is 5.91 Å². The molecule has 0 radical (unpaired) electrons. The molecule has 0 saturated heterocycles. The van der Waals surface area contributed by atoms with Crippen molar-refractivity contribution in [3.05, 3.63) is 53.7 Å². The molecule has 2 heterocycles. The van der Waals surface area contributed by atoms with E-state index in [1.807, 2.05) is 18.2 Å². The van der Waals surface area contributed by atoms with Gasteiger partial charge in [0.15, 0.2) is 5.69 Å². The van der Waals surface area contributed by atoms with Crippen molar-refractivity contribution in [2.45, 2.75) is 26.3 Å². The monoisotopic (exact) mass is 310 g/mol. The van der Waals surface area contributed by atoms with Crippen molar-refractivity contribution in [1.82, 2.24) is 20.0 Å². The summed E-state index contributed by atoms with van der Waals surface area (Å²) >= 11 is 0. The summed E-state index contributed by atoms with van der Waals surface area (Å²) in [6.45, 7) is 2.53. The van der Waals surface area contributed by atoms with Crippen molar-refractivity contribution < 1.29 is 9.32 Å². The van der Waals surface area contributed by atoms with E-state index in [9.17, 15) is 4.79 Å². The highest BCUT2D eigenvalue weighted by Crippen LogP contribution is 2.14. The van der Waals surface area contributed by atoms with Gasteiger partial charge in [-0.2, -0.15) is 0 Å². The lowest BCUT2D eigenvalue weighted by Gasteiger charge is -2.15. The zero-order valence-corrected chi connectivity index (χ0v) is 13.2. The van der Waals surface area contributed by atoms with Crippen LogP contribution >= 0.6 is 0 Å². The maximum Gasteiger partial charge on any atom is 0.276 e. The highest BCUT2D eigenvalue weighted by molar-refractivity contribution is 5.92. The van der Waals surface area contributed by atoms with Gasteiger partial charge in [0.25, 0.3) is 5.91 Å². The highest BCUT2D eigenvalue weighted by Gasteiger charge is 2.17. The number of carbonyl (C=O) groups excluding carboxylic acids is 1. The Hall–Kier alpha value is -2.76. The lowest BCUT2D eigenvalue weighted by Crippen LogP contribution is -2.26. The van der Waals surface area contributed by atoms with Gasteiger partial charge in [-0.3, -0.25) is 14.8 Å². The van der Waals surface area contributed by atoms with E-state index < -0.39 is 0 Å². The smallest absolute Gasteiger partial charge is 0.276 e. The molecule has 0 fully saturated rings. The number of carbonyl (C=O) groups is 1. The zero-order chi connectivity index (χ0) is 16.2. The van der Waals surface area contributed by atoms with Gasteiger partial charge in [0, 0.05) is 38.5 Å². The minimum atomic E-state index is -0.157. The Morgan fingerprint density at radius 1 is 1.17 bits per heavy atom. The van der Waals surface area contributed by atoms with E-state index in [0.29, 0.717) is 12.2 Å². The molecule has 1 amide bonds. The summed E-state index contributed by atoms with van der Waals surface area (Å²) in [5.41, 5.74) is 2.99. The Balaban J connectivity index is 1.73. The second kappa shape index (κ2) is 6.56. The molecule has 0 spiro atoms. The molecule has 0 bridgehead atoms. The number of aromatic nitrogens is 3. The molecule has 0 unspecified atom stereocenters. The van der Waals surface area contributed by atoms with Gasteiger partial charge in [-0.15, -0.1) is 0 Å². The third kappa shape index (κ3) is 3.36. The Labute approximate surface area is 134 Å². The Kier molecular flexibility index (Phi) is 4.32. The first-order chi connectivity index (χ1) is 11.2.